The second-order valence-corrected chi connectivity index (χ2v) is 7.62. The summed E-state index contributed by atoms with van der Waals surface area (Å²) in [5.41, 5.74) is 2.00. The largest absolute Gasteiger partial charge is 0.439 e. The first-order valence-corrected chi connectivity index (χ1v) is 10.6. The highest BCUT2D eigenvalue weighted by Gasteiger charge is 2.23. The summed E-state index contributed by atoms with van der Waals surface area (Å²) in [6.07, 6.45) is 2.36. The van der Waals surface area contributed by atoms with Crippen LogP contribution in [0.25, 0.3) is 0 Å². The van der Waals surface area contributed by atoms with Crippen molar-refractivity contribution in [3.8, 4) is 11.6 Å². The van der Waals surface area contributed by atoms with E-state index in [0.29, 0.717) is 42.8 Å². The maximum Gasteiger partial charge on any atom is 0.321 e. The Hall–Kier alpha value is -3.32. The molecule has 2 amide bonds. The van der Waals surface area contributed by atoms with E-state index in [4.69, 9.17) is 16.3 Å². The number of ether oxygens (including phenoxy) is 1. The van der Waals surface area contributed by atoms with Crippen LogP contribution in [0.15, 0.2) is 60.9 Å². The van der Waals surface area contributed by atoms with Crippen molar-refractivity contribution in [2.24, 2.45) is 0 Å². The lowest BCUT2D eigenvalue weighted by molar-refractivity contribution is 0.208. The van der Waals surface area contributed by atoms with Gasteiger partial charge in [0.05, 0.1) is 0 Å². The molecule has 7 nitrogen and oxygen atoms in total. The molecule has 160 valence electrons. The fourth-order valence-electron chi connectivity index (χ4n) is 3.47. The van der Waals surface area contributed by atoms with Crippen LogP contribution in [0.5, 0.6) is 11.6 Å². The molecular formula is C23H24ClN5O2. The SMILES string of the molecule is CCc1ccccc1NC(=O)N1CCN(c2cc(Oc3ccc(Cl)cc3)ncn2)CC1. The number of benzene rings is 2. The van der Waals surface area contributed by atoms with Crippen LogP contribution in [-0.4, -0.2) is 47.1 Å². The molecule has 1 aliphatic heterocycles. The molecular weight excluding hydrogens is 414 g/mol. The highest BCUT2D eigenvalue weighted by Crippen LogP contribution is 2.24. The Morgan fingerprint density at radius 2 is 1.81 bits per heavy atom. The molecule has 1 N–H and O–H groups in total. The highest BCUT2D eigenvalue weighted by molar-refractivity contribution is 6.30. The Morgan fingerprint density at radius 1 is 1.06 bits per heavy atom. The minimum Gasteiger partial charge on any atom is -0.439 e. The molecule has 0 aliphatic carbocycles. The smallest absolute Gasteiger partial charge is 0.321 e. The van der Waals surface area contributed by atoms with Gasteiger partial charge in [-0.2, -0.15) is 0 Å². The van der Waals surface area contributed by atoms with Crippen molar-refractivity contribution in [3.05, 3.63) is 71.5 Å². The Labute approximate surface area is 186 Å². The van der Waals surface area contributed by atoms with Crippen molar-refractivity contribution in [2.45, 2.75) is 13.3 Å². The molecule has 0 unspecified atom stereocenters. The number of nitrogens with zero attached hydrogens (tertiary/aromatic N) is 4. The summed E-state index contributed by atoms with van der Waals surface area (Å²) < 4.78 is 5.80. The number of nitrogens with one attached hydrogen (secondary N) is 1. The third kappa shape index (κ3) is 5.24. The van der Waals surface area contributed by atoms with Gasteiger partial charge in [-0.25, -0.2) is 14.8 Å². The van der Waals surface area contributed by atoms with Gasteiger partial charge in [0.25, 0.3) is 0 Å². The number of halogens is 1. The summed E-state index contributed by atoms with van der Waals surface area (Å²) in [5.74, 6) is 1.89. The molecule has 3 aromatic rings. The average Bonchev–Trinajstić information content (AvgIpc) is 2.81. The zero-order valence-corrected chi connectivity index (χ0v) is 18.0. The summed E-state index contributed by atoms with van der Waals surface area (Å²) >= 11 is 5.92. The van der Waals surface area contributed by atoms with Crippen LogP contribution in [0.3, 0.4) is 0 Å². The maximum atomic E-state index is 12.7. The number of para-hydroxylation sites is 1. The molecule has 4 rings (SSSR count). The third-order valence-electron chi connectivity index (χ3n) is 5.19. The molecule has 1 fully saturated rings. The summed E-state index contributed by atoms with van der Waals surface area (Å²) in [6.45, 7) is 4.66. The normalized spacial score (nSPS) is 13.7. The van der Waals surface area contributed by atoms with Gasteiger partial charge in [0.2, 0.25) is 5.88 Å². The van der Waals surface area contributed by atoms with Gasteiger partial charge in [0, 0.05) is 43.0 Å². The number of hydrogen-bond donors (Lipinski definition) is 1. The minimum atomic E-state index is -0.0741. The number of carbonyl (C=O) groups is 1. The van der Waals surface area contributed by atoms with Crippen LogP contribution in [0.1, 0.15) is 12.5 Å². The fraction of sp³-hybridized carbons (Fsp3) is 0.261. The van der Waals surface area contributed by atoms with Crippen molar-refractivity contribution >= 4 is 29.1 Å². The van der Waals surface area contributed by atoms with Crippen molar-refractivity contribution in [1.82, 2.24) is 14.9 Å². The standard InChI is InChI=1S/C23H24ClN5O2/c1-2-17-5-3-4-6-20(17)27-23(30)29-13-11-28(12-14-29)21-15-22(26-16-25-21)31-19-9-7-18(24)8-10-19/h3-10,15-16H,2,11-14H2,1H3,(H,27,30). The average molecular weight is 438 g/mol. The number of aryl methyl sites for hydroxylation is 1. The van der Waals surface area contributed by atoms with Crippen molar-refractivity contribution < 1.29 is 9.53 Å². The summed E-state index contributed by atoms with van der Waals surface area (Å²) in [4.78, 5) is 25.2. The maximum absolute atomic E-state index is 12.7. The summed E-state index contributed by atoms with van der Waals surface area (Å²) in [7, 11) is 0. The molecule has 0 spiro atoms. The van der Waals surface area contributed by atoms with Gasteiger partial charge in [0.1, 0.15) is 17.9 Å². The van der Waals surface area contributed by atoms with Gasteiger partial charge >= 0.3 is 6.03 Å². The fourth-order valence-corrected chi connectivity index (χ4v) is 3.59. The van der Waals surface area contributed by atoms with E-state index in [1.54, 1.807) is 24.3 Å². The van der Waals surface area contributed by atoms with E-state index in [-0.39, 0.29) is 6.03 Å². The number of carbonyl (C=O) groups excluding carboxylic acids is 1. The van der Waals surface area contributed by atoms with E-state index in [2.05, 4.69) is 27.1 Å². The predicted molar refractivity (Wildman–Crippen MR) is 122 cm³/mol. The van der Waals surface area contributed by atoms with Crippen LogP contribution in [-0.2, 0) is 6.42 Å². The lowest BCUT2D eigenvalue weighted by atomic mass is 10.1. The molecule has 2 aromatic carbocycles. The number of hydrogen-bond acceptors (Lipinski definition) is 5. The summed E-state index contributed by atoms with van der Waals surface area (Å²) in [5, 5.41) is 3.69. The minimum absolute atomic E-state index is 0.0741. The zero-order chi connectivity index (χ0) is 21.6. The Balaban J connectivity index is 1.35. The van der Waals surface area contributed by atoms with Gasteiger partial charge in [0.15, 0.2) is 0 Å². The number of anilines is 2. The topological polar surface area (TPSA) is 70.6 Å². The lowest BCUT2D eigenvalue weighted by Crippen LogP contribution is -2.50. The highest BCUT2D eigenvalue weighted by atomic mass is 35.5. The number of amides is 2. The Morgan fingerprint density at radius 3 is 2.55 bits per heavy atom. The van der Waals surface area contributed by atoms with E-state index < -0.39 is 0 Å². The van der Waals surface area contributed by atoms with Crippen LogP contribution in [0.4, 0.5) is 16.3 Å². The molecule has 1 aromatic heterocycles. The number of rotatable bonds is 5. The third-order valence-corrected chi connectivity index (χ3v) is 5.45. The van der Waals surface area contributed by atoms with E-state index >= 15 is 0 Å². The molecule has 8 heteroatoms. The first-order valence-electron chi connectivity index (χ1n) is 10.3. The molecule has 0 radical (unpaired) electrons. The van der Waals surface area contributed by atoms with Crippen molar-refractivity contribution in [2.75, 3.05) is 36.4 Å². The van der Waals surface area contributed by atoms with Crippen LogP contribution < -0.4 is 15.0 Å². The van der Waals surface area contributed by atoms with E-state index in [0.717, 1.165) is 23.5 Å². The predicted octanol–water partition coefficient (Wildman–Crippen LogP) is 4.84. The van der Waals surface area contributed by atoms with Crippen molar-refractivity contribution in [3.63, 3.8) is 0 Å². The number of aromatic nitrogens is 2. The van der Waals surface area contributed by atoms with E-state index in [1.165, 1.54) is 6.33 Å². The van der Waals surface area contributed by atoms with Crippen LogP contribution in [0, 0.1) is 0 Å². The molecule has 1 saturated heterocycles. The quantitative estimate of drug-likeness (QED) is 0.618. The molecule has 1 aliphatic rings. The van der Waals surface area contributed by atoms with Gasteiger partial charge < -0.3 is 19.9 Å². The second-order valence-electron chi connectivity index (χ2n) is 7.19. The van der Waals surface area contributed by atoms with E-state index in [1.807, 2.05) is 35.2 Å². The summed E-state index contributed by atoms with van der Waals surface area (Å²) in [6, 6.07) is 16.7. The second kappa shape index (κ2) is 9.66. The molecule has 0 bridgehead atoms. The van der Waals surface area contributed by atoms with Crippen molar-refractivity contribution in [1.29, 1.82) is 0 Å². The van der Waals surface area contributed by atoms with Crippen LogP contribution >= 0.6 is 11.6 Å². The number of piperazine rings is 1. The molecule has 2 heterocycles. The first kappa shape index (κ1) is 20.9. The van der Waals surface area contributed by atoms with E-state index in [9.17, 15) is 4.79 Å². The van der Waals surface area contributed by atoms with Gasteiger partial charge in [-0.3, -0.25) is 0 Å². The number of urea groups is 1. The Kier molecular flexibility index (Phi) is 6.52. The van der Waals surface area contributed by atoms with Gasteiger partial charge in [-0.15, -0.1) is 0 Å². The zero-order valence-electron chi connectivity index (χ0n) is 17.3. The van der Waals surface area contributed by atoms with Gasteiger partial charge in [-0.05, 0) is 42.3 Å². The van der Waals surface area contributed by atoms with Gasteiger partial charge in [-0.1, -0.05) is 36.7 Å². The lowest BCUT2D eigenvalue weighted by Gasteiger charge is -2.35. The Bertz CT molecular complexity index is 1040. The first-order chi connectivity index (χ1) is 15.1. The molecule has 31 heavy (non-hydrogen) atoms. The monoisotopic (exact) mass is 437 g/mol. The molecule has 0 saturated carbocycles. The van der Waals surface area contributed by atoms with Crippen LogP contribution in [0.2, 0.25) is 5.02 Å². The molecule has 0 atom stereocenters.